The van der Waals surface area contributed by atoms with Gasteiger partial charge >= 0.3 is 0 Å². The van der Waals surface area contributed by atoms with Crippen molar-refractivity contribution < 1.29 is 0 Å². The number of hydrogen-bond acceptors (Lipinski definition) is 0. The van der Waals surface area contributed by atoms with Crippen LogP contribution in [-0.2, 0) is 0 Å². The molecule has 5 saturated carbocycles. The second-order valence-corrected chi connectivity index (χ2v) is 12.0. The molecule has 0 aromatic rings. The van der Waals surface area contributed by atoms with Crippen LogP contribution in [0, 0.1) is 51.8 Å². The van der Waals surface area contributed by atoms with E-state index >= 15 is 0 Å². The summed E-state index contributed by atoms with van der Waals surface area (Å²) < 4.78 is 0. The highest BCUT2D eigenvalue weighted by molar-refractivity contribution is 5.15. The van der Waals surface area contributed by atoms with E-state index in [1.807, 2.05) is 0 Å². The van der Waals surface area contributed by atoms with E-state index in [1.54, 1.807) is 57.8 Å². The maximum atomic E-state index is 2.79. The predicted octanol–water partition coefficient (Wildman–Crippen LogP) is 7.47. The molecule has 5 rings (SSSR count). The van der Waals surface area contributed by atoms with Gasteiger partial charge in [-0.15, -0.1) is 0 Å². The first kappa shape index (κ1) is 17.1. The van der Waals surface area contributed by atoms with Crippen LogP contribution in [0.3, 0.4) is 0 Å². The molecule has 25 heavy (non-hydrogen) atoms. The Labute approximate surface area is 156 Å². The summed E-state index contributed by atoms with van der Waals surface area (Å²) >= 11 is 0. The lowest BCUT2D eigenvalue weighted by Gasteiger charge is -2.70. The summed E-state index contributed by atoms with van der Waals surface area (Å²) in [5.41, 5.74) is 1.94. The molecule has 0 nitrogen and oxygen atoms in total. The fourth-order valence-electron chi connectivity index (χ4n) is 10.3. The monoisotopic (exact) mass is 342 g/mol. The van der Waals surface area contributed by atoms with Gasteiger partial charge in [-0.1, -0.05) is 53.4 Å². The first-order valence-corrected chi connectivity index (χ1v) is 11.9. The lowest BCUT2D eigenvalue weighted by atomic mass is 9.34. The third-order valence-corrected chi connectivity index (χ3v) is 11.6. The maximum Gasteiger partial charge on any atom is -0.0235 e. The zero-order valence-corrected chi connectivity index (χ0v) is 17.4. The Morgan fingerprint density at radius 2 is 1.44 bits per heavy atom. The highest BCUT2D eigenvalue weighted by Crippen LogP contribution is 2.74. The van der Waals surface area contributed by atoms with Crippen molar-refractivity contribution in [2.45, 2.75) is 105 Å². The van der Waals surface area contributed by atoms with E-state index < -0.39 is 0 Å². The highest BCUT2D eigenvalue weighted by atomic mass is 14.7. The first-order valence-electron chi connectivity index (χ1n) is 11.9. The van der Waals surface area contributed by atoms with Gasteiger partial charge in [0.25, 0.3) is 0 Å². The molecule has 142 valence electrons. The van der Waals surface area contributed by atoms with Crippen LogP contribution in [-0.4, -0.2) is 0 Å². The SMILES string of the molecule is CC1CCCC2(C)C1CCC1(C)C2CCC2C3CCCC3CCC21C. The largest absolute Gasteiger partial charge is 0.0622 e. The number of rotatable bonds is 0. The van der Waals surface area contributed by atoms with Gasteiger partial charge in [0.15, 0.2) is 0 Å². The van der Waals surface area contributed by atoms with Crippen molar-refractivity contribution in [2.75, 3.05) is 0 Å². The molecular formula is C25H42. The first-order chi connectivity index (χ1) is 11.9. The Morgan fingerprint density at radius 1 is 0.640 bits per heavy atom. The summed E-state index contributed by atoms with van der Waals surface area (Å²) in [6, 6.07) is 0. The van der Waals surface area contributed by atoms with Crippen molar-refractivity contribution in [1.29, 1.82) is 0 Å². The van der Waals surface area contributed by atoms with Crippen LogP contribution >= 0.6 is 0 Å². The molecule has 0 heteroatoms. The van der Waals surface area contributed by atoms with Crippen LogP contribution in [0.2, 0.25) is 0 Å². The quantitative estimate of drug-likeness (QED) is 0.428. The Kier molecular flexibility index (Phi) is 3.77. The van der Waals surface area contributed by atoms with Gasteiger partial charge in [-0.3, -0.25) is 0 Å². The smallest absolute Gasteiger partial charge is 0.0235 e. The summed E-state index contributed by atoms with van der Waals surface area (Å²) in [7, 11) is 0. The Bertz CT molecular complexity index is 536. The summed E-state index contributed by atoms with van der Waals surface area (Å²) in [5.74, 6) is 6.31. The Balaban J connectivity index is 1.53. The maximum absolute atomic E-state index is 2.79. The minimum atomic E-state index is 0.631. The van der Waals surface area contributed by atoms with E-state index in [-0.39, 0.29) is 0 Å². The van der Waals surface area contributed by atoms with Crippen LogP contribution in [0.4, 0.5) is 0 Å². The van der Waals surface area contributed by atoms with Crippen molar-refractivity contribution in [2.24, 2.45) is 51.8 Å². The van der Waals surface area contributed by atoms with Crippen LogP contribution in [0.5, 0.6) is 0 Å². The fraction of sp³-hybridized carbons (Fsp3) is 1.00. The van der Waals surface area contributed by atoms with Crippen molar-refractivity contribution >= 4 is 0 Å². The van der Waals surface area contributed by atoms with Gasteiger partial charge in [-0.05, 0) is 103 Å². The fourth-order valence-corrected chi connectivity index (χ4v) is 10.3. The topological polar surface area (TPSA) is 0 Å². The molecule has 0 heterocycles. The molecule has 5 fully saturated rings. The van der Waals surface area contributed by atoms with Crippen LogP contribution in [0.25, 0.3) is 0 Å². The molecule has 0 bridgehead atoms. The second-order valence-electron chi connectivity index (χ2n) is 12.0. The third kappa shape index (κ3) is 2.07. The molecule has 0 amide bonds. The molecule has 5 aliphatic rings. The zero-order valence-electron chi connectivity index (χ0n) is 17.4. The van der Waals surface area contributed by atoms with Gasteiger partial charge in [0.05, 0.1) is 0 Å². The molecule has 9 atom stereocenters. The van der Waals surface area contributed by atoms with E-state index in [0.717, 1.165) is 35.5 Å². The third-order valence-electron chi connectivity index (χ3n) is 11.6. The molecule has 0 aliphatic heterocycles. The Morgan fingerprint density at radius 3 is 2.28 bits per heavy atom. The van der Waals surface area contributed by atoms with E-state index in [1.165, 1.54) is 19.3 Å². The molecule has 0 saturated heterocycles. The highest BCUT2D eigenvalue weighted by Gasteiger charge is 2.66. The summed E-state index contributed by atoms with van der Waals surface area (Å²) in [5, 5.41) is 0. The Hall–Kier alpha value is 0. The summed E-state index contributed by atoms with van der Waals surface area (Å²) in [4.78, 5) is 0. The summed E-state index contributed by atoms with van der Waals surface area (Å²) in [6.07, 6.45) is 18.6. The van der Waals surface area contributed by atoms with Gasteiger partial charge in [0.2, 0.25) is 0 Å². The molecule has 9 unspecified atom stereocenters. The molecule has 0 radical (unpaired) electrons. The van der Waals surface area contributed by atoms with Crippen molar-refractivity contribution in [3.8, 4) is 0 Å². The van der Waals surface area contributed by atoms with Gasteiger partial charge in [-0.2, -0.15) is 0 Å². The van der Waals surface area contributed by atoms with Crippen molar-refractivity contribution in [3.63, 3.8) is 0 Å². The average Bonchev–Trinajstić information content (AvgIpc) is 3.04. The lowest BCUT2D eigenvalue weighted by molar-refractivity contribution is -0.216. The molecule has 0 aromatic carbocycles. The van der Waals surface area contributed by atoms with E-state index in [2.05, 4.69) is 27.7 Å². The number of fused-ring (bicyclic) bond motifs is 7. The van der Waals surface area contributed by atoms with Gasteiger partial charge < -0.3 is 0 Å². The zero-order chi connectivity index (χ0) is 17.4. The van der Waals surface area contributed by atoms with Crippen LogP contribution < -0.4 is 0 Å². The molecule has 0 aromatic heterocycles. The molecule has 0 N–H and O–H groups in total. The van der Waals surface area contributed by atoms with Crippen molar-refractivity contribution in [3.05, 3.63) is 0 Å². The van der Waals surface area contributed by atoms with E-state index in [9.17, 15) is 0 Å². The van der Waals surface area contributed by atoms with Gasteiger partial charge in [-0.25, -0.2) is 0 Å². The van der Waals surface area contributed by atoms with Gasteiger partial charge in [0, 0.05) is 0 Å². The van der Waals surface area contributed by atoms with Crippen LogP contribution in [0.15, 0.2) is 0 Å². The average molecular weight is 343 g/mol. The standard InChI is InChI=1S/C25H42/c1-17-7-6-14-23(2)20(17)13-16-25(4)22(23)11-10-21-19-9-5-8-18(19)12-15-24(21,25)3/h17-22H,5-16H2,1-4H3. The normalized spacial score (nSPS) is 61.0. The minimum Gasteiger partial charge on any atom is -0.0622 e. The summed E-state index contributed by atoms with van der Waals surface area (Å²) in [6.45, 7) is 10.9. The van der Waals surface area contributed by atoms with E-state index in [0.29, 0.717) is 16.2 Å². The molecular weight excluding hydrogens is 300 g/mol. The molecule has 0 spiro atoms. The second kappa shape index (κ2) is 5.51. The number of hydrogen-bond donors (Lipinski definition) is 0. The van der Waals surface area contributed by atoms with E-state index in [4.69, 9.17) is 0 Å². The van der Waals surface area contributed by atoms with Gasteiger partial charge in [0.1, 0.15) is 0 Å². The predicted molar refractivity (Wildman–Crippen MR) is 106 cm³/mol. The minimum absolute atomic E-state index is 0.631. The van der Waals surface area contributed by atoms with Crippen LogP contribution in [0.1, 0.15) is 105 Å². The molecule has 5 aliphatic carbocycles. The lowest BCUT2D eigenvalue weighted by Crippen LogP contribution is -2.63. The van der Waals surface area contributed by atoms with Crippen molar-refractivity contribution in [1.82, 2.24) is 0 Å².